The van der Waals surface area contributed by atoms with E-state index < -0.39 is 23.8 Å². The van der Waals surface area contributed by atoms with Gasteiger partial charge in [-0.1, -0.05) is 19.1 Å². The Morgan fingerprint density at radius 1 is 1.35 bits per heavy atom. The number of hydrogen-bond acceptors (Lipinski definition) is 4. The average molecular weight is 280 g/mol. The van der Waals surface area contributed by atoms with E-state index in [1.54, 1.807) is 19.1 Å². The molecular formula is C13H16N2O5. The van der Waals surface area contributed by atoms with Crippen LogP contribution in [-0.2, 0) is 9.59 Å². The summed E-state index contributed by atoms with van der Waals surface area (Å²) < 4.78 is 5.11. The highest BCUT2D eigenvalue weighted by atomic mass is 16.5. The molecule has 7 nitrogen and oxygen atoms in total. The number of carboxylic acids is 1. The molecule has 0 aliphatic heterocycles. The molecule has 0 aliphatic carbocycles. The third-order valence-corrected chi connectivity index (χ3v) is 2.51. The van der Waals surface area contributed by atoms with Gasteiger partial charge in [0.1, 0.15) is 11.8 Å². The molecule has 0 spiro atoms. The largest absolute Gasteiger partial charge is 0.483 e. The van der Waals surface area contributed by atoms with E-state index in [1.165, 1.54) is 12.1 Å². The van der Waals surface area contributed by atoms with Crippen molar-refractivity contribution in [1.29, 1.82) is 0 Å². The number of nitrogens with two attached hydrogens (primary N) is 1. The van der Waals surface area contributed by atoms with Crippen molar-refractivity contribution in [3.05, 3.63) is 29.8 Å². The zero-order valence-corrected chi connectivity index (χ0v) is 11.0. The monoisotopic (exact) mass is 280 g/mol. The maximum absolute atomic E-state index is 12.0. The van der Waals surface area contributed by atoms with E-state index in [2.05, 4.69) is 5.32 Å². The summed E-state index contributed by atoms with van der Waals surface area (Å²) in [7, 11) is 0. The number of nitrogens with one attached hydrogen (secondary N) is 1. The molecule has 4 N–H and O–H groups in total. The average Bonchev–Trinajstić information content (AvgIpc) is 2.42. The topological polar surface area (TPSA) is 119 Å². The van der Waals surface area contributed by atoms with Crippen LogP contribution in [0.3, 0.4) is 0 Å². The van der Waals surface area contributed by atoms with E-state index in [0.29, 0.717) is 0 Å². The molecule has 0 radical (unpaired) electrons. The number of ether oxygens (including phenoxy) is 1. The molecule has 0 aromatic heterocycles. The Labute approximate surface area is 115 Å². The van der Waals surface area contributed by atoms with Crippen LogP contribution in [0.25, 0.3) is 0 Å². The van der Waals surface area contributed by atoms with E-state index in [4.69, 9.17) is 15.6 Å². The van der Waals surface area contributed by atoms with Crippen LogP contribution in [0.2, 0.25) is 0 Å². The van der Waals surface area contributed by atoms with Crippen molar-refractivity contribution in [2.24, 2.45) is 5.73 Å². The van der Waals surface area contributed by atoms with Crippen LogP contribution in [0, 0.1) is 0 Å². The third-order valence-electron chi connectivity index (χ3n) is 2.51. The summed E-state index contributed by atoms with van der Waals surface area (Å²) in [4.78, 5) is 33.6. The first-order chi connectivity index (χ1) is 9.45. The molecule has 0 bridgehead atoms. The minimum absolute atomic E-state index is 0.147. The normalized spacial score (nSPS) is 11.4. The number of para-hydroxylation sites is 1. The van der Waals surface area contributed by atoms with Crippen LogP contribution in [0.15, 0.2) is 24.3 Å². The van der Waals surface area contributed by atoms with Gasteiger partial charge < -0.3 is 20.9 Å². The molecule has 1 aromatic carbocycles. The summed E-state index contributed by atoms with van der Waals surface area (Å²) in [6, 6.07) is 5.22. The van der Waals surface area contributed by atoms with E-state index in [1.807, 2.05) is 0 Å². The van der Waals surface area contributed by atoms with E-state index in [-0.39, 0.29) is 24.3 Å². The van der Waals surface area contributed by atoms with Gasteiger partial charge in [-0.3, -0.25) is 9.59 Å². The van der Waals surface area contributed by atoms with Gasteiger partial charge in [0.25, 0.3) is 11.8 Å². The van der Waals surface area contributed by atoms with Crippen LogP contribution in [0.4, 0.5) is 0 Å². The fourth-order valence-corrected chi connectivity index (χ4v) is 1.50. The molecule has 1 aromatic rings. The Hall–Kier alpha value is -2.57. The van der Waals surface area contributed by atoms with Crippen molar-refractivity contribution < 1.29 is 24.2 Å². The highest BCUT2D eigenvalue weighted by molar-refractivity contribution is 5.99. The molecule has 0 saturated carbocycles. The molecule has 2 amide bonds. The fraction of sp³-hybridized carbons (Fsp3) is 0.308. The molecule has 0 aliphatic rings. The second kappa shape index (κ2) is 7.13. The van der Waals surface area contributed by atoms with Crippen LogP contribution in [0.1, 0.15) is 23.7 Å². The molecule has 0 saturated heterocycles. The van der Waals surface area contributed by atoms with Gasteiger partial charge in [-0.25, -0.2) is 4.79 Å². The van der Waals surface area contributed by atoms with Crippen LogP contribution >= 0.6 is 0 Å². The Morgan fingerprint density at radius 3 is 2.55 bits per heavy atom. The van der Waals surface area contributed by atoms with Gasteiger partial charge in [-0.15, -0.1) is 0 Å². The lowest BCUT2D eigenvalue weighted by atomic mass is 10.1. The zero-order valence-electron chi connectivity index (χ0n) is 11.0. The Kier molecular flexibility index (Phi) is 5.52. The Bertz CT molecular complexity index is 515. The summed E-state index contributed by atoms with van der Waals surface area (Å²) in [5.41, 5.74) is 5.11. The molecule has 20 heavy (non-hydrogen) atoms. The number of rotatable bonds is 7. The number of carbonyl (C=O) groups excluding carboxylic acids is 2. The lowest BCUT2D eigenvalue weighted by Crippen LogP contribution is -2.40. The zero-order chi connectivity index (χ0) is 15.1. The quantitative estimate of drug-likeness (QED) is 0.656. The summed E-state index contributed by atoms with van der Waals surface area (Å²) in [5.74, 6) is -2.20. The number of primary amides is 1. The van der Waals surface area contributed by atoms with E-state index in [0.717, 1.165) is 0 Å². The van der Waals surface area contributed by atoms with Crippen molar-refractivity contribution >= 4 is 17.8 Å². The van der Waals surface area contributed by atoms with Gasteiger partial charge >= 0.3 is 5.97 Å². The maximum Gasteiger partial charge on any atom is 0.326 e. The van der Waals surface area contributed by atoms with Gasteiger partial charge in [0, 0.05) is 0 Å². The van der Waals surface area contributed by atoms with Crippen LogP contribution in [0.5, 0.6) is 5.75 Å². The summed E-state index contributed by atoms with van der Waals surface area (Å²) in [6.45, 7) is 1.29. The number of benzene rings is 1. The molecule has 1 atom stereocenters. The van der Waals surface area contributed by atoms with Crippen LogP contribution in [-0.4, -0.2) is 35.5 Å². The predicted molar refractivity (Wildman–Crippen MR) is 70.3 cm³/mol. The smallest absolute Gasteiger partial charge is 0.326 e. The maximum atomic E-state index is 12.0. The van der Waals surface area contributed by atoms with Gasteiger partial charge in [0.15, 0.2) is 6.61 Å². The molecule has 108 valence electrons. The predicted octanol–water partition coefficient (Wildman–Crippen LogP) is 0.144. The van der Waals surface area contributed by atoms with Crippen LogP contribution < -0.4 is 15.8 Å². The first kappa shape index (κ1) is 15.5. The molecule has 0 fully saturated rings. The standard InChI is InChI=1S/C13H16N2O5/c1-2-9(13(18)19)15-12(17)8-5-3-4-6-10(8)20-7-11(14)16/h3-6,9H,2,7H2,1H3,(H2,14,16)(H,15,17)(H,18,19). The highest BCUT2D eigenvalue weighted by Crippen LogP contribution is 2.18. The number of aliphatic carboxylic acids is 1. The highest BCUT2D eigenvalue weighted by Gasteiger charge is 2.20. The van der Waals surface area contributed by atoms with Gasteiger partial charge in [0.2, 0.25) is 0 Å². The molecule has 0 heterocycles. The summed E-state index contributed by atoms with van der Waals surface area (Å²) >= 11 is 0. The fourth-order valence-electron chi connectivity index (χ4n) is 1.50. The molecular weight excluding hydrogens is 264 g/mol. The molecule has 7 heteroatoms. The van der Waals surface area contributed by atoms with Crippen molar-refractivity contribution in [3.63, 3.8) is 0 Å². The van der Waals surface area contributed by atoms with E-state index >= 15 is 0 Å². The second-order valence-electron chi connectivity index (χ2n) is 4.02. The third kappa shape index (κ3) is 4.27. The second-order valence-corrected chi connectivity index (χ2v) is 4.02. The van der Waals surface area contributed by atoms with E-state index in [9.17, 15) is 14.4 Å². The molecule has 1 unspecified atom stereocenters. The van der Waals surface area contributed by atoms with Gasteiger partial charge in [-0.05, 0) is 18.6 Å². The van der Waals surface area contributed by atoms with Gasteiger partial charge in [0.05, 0.1) is 5.56 Å². The van der Waals surface area contributed by atoms with Crippen molar-refractivity contribution in [3.8, 4) is 5.75 Å². The number of carboxylic acid groups (broad SMARTS) is 1. The lowest BCUT2D eigenvalue weighted by Gasteiger charge is -2.14. The lowest BCUT2D eigenvalue weighted by molar-refractivity contribution is -0.139. The molecule has 1 rings (SSSR count). The van der Waals surface area contributed by atoms with Gasteiger partial charge in [-0.2, -0.15) is 0 Å². The number of amides is 2. The minimum Gasteiger partial charge on any atom is -0.483 e. The Morgan fingerprint density at radius 2 is 2.00 bits per heavy atom. The van der Waals surface area contributed by atoms with Crippen molar-refractivity contribution in [2.45, 2.75) is 19.4 Å². The first-order valence-electron chi connectivity index (χ1n) is 5.99. The summed E-state index contributed by atoms with van der Waals surface area (Å²) in [6.07, 6.45) is 0.255. The van der Waals surface area contributed by atoms with Crippen molar-refractivity contribution in [1.82, 2.24) is 5.32 Å². The number of hydrogen-bond donors (Lipinski definition) is 3. The Balaban J connectivity index is 2.86. The minimum atomic E-state index is -1.11. The van der Waals surface area contributed by atoms with Crippen molar-refractivity contribution in [2.75, 3.05) is 6.61 Å². The SMILES string of the molecule is CCC(NC(=O)c1ccccc1OCC(N)=O)C(=O)O. The number of carbonyl (C=O) groups is 3. The first-order valence-corrected chi connectivity index (χ1v) is 5.99. The summed E-state index contributed by atoms with van der Waals surface area (Å²) in [5, 5.41) is 11.3.